The van der Waals surface area contributed by atoms with Crippen LogP contribution in [0.2, 0.25) is 0 Å². The first-order valence-corrected chi connectivity index (χ1v) is 5.28. The average molecular weight is 260 g/mol. The van der Waals surface area contributed by atoms with Crippen molar-refractivity contribution in [2.75, 3.05) is 0 Å². The number of hydrogen-bond donors (Lipinski definition) is 0. The predicted molar refractivity (Wildman–Crippen MR) is 29.0 cm³/mol. The quantitative estimate of drug-likeness (QED) is 0.485. The molecule has 0 aromatic rings. The molecule has 0 bridgehead atoms. The van der Waals surface area contributed by atoms with Crippen LogP contribution in [-0.2, 0) is 7.01 Å². The van der Waals surface area contributed by atoms with E-state index in [4.69, 9.17) is 0 Å². The standard InChI is InChI=1S/CF3IO2S/c2-1(3,4)8(5,6)7. The predicted octanol–water partition coefficient (Wildman–Crippen LogP) is 1.27. The van der Waals surface area contributed by atoms with Crippen LogP contribution in [-0.4, -0.2) is 13.9 Å². The number of hydrogen-bond acceptors (Lipinski definition) is 2. The molecule has 0 saturated heterocycles. The van der Waals surface area contributed by atoms with Gasteiger partial charge in [0.05, 0.1) is 21.2 Å². The summed E-state index contributed by atoms with van der Waals surface area (Å²) in [4.78, 5) is 0. The lowest BCUT2D eigenvalue weighted by atomic mass is 11.6. The highest BCUT2D eigenvalue weighted by Gasteiger charge is 2.43. The Morgan fingerprint density at radius 3 is 1.38 bits per heavy atom. The van der Waals surface area contributed by atoms with Gasteiger partial charge in [-0.15, -0.1) is 0 Å². The van der Waals surface area contributed by atoms with Gasteiger partial charge in [-0.05, 0) is 0 Å². The molecule has 0 spiro atoms. The SMILES string of the molecule is O=S(=O)(I)C(F)(F)F. The lowest BCUT2D eigenvalue weighted by Gasteiger charge is -1.97. The van der Waals surface area contributed by atoms with Gasteiger partial charge in [0.25, 0.3) is 0 Å². The molecule has 0 aliphatic carbocycles. The minimum atomic E-state index is -5.10. The molecule has 7 heteroatoms. The lowest BCUT2D eigenvalue weighted by molar-refractivity contribution is -0.0404. The van der Waals surface area contributed by atoms with Gasteiger partial charge in [0, 0.05) is 0 Å². The van der Waals surface area contributed by atoms with Crippen LogP contribution in [0.3, 0.4) is 0 Å². The molecule has 0 aromatic carbocycles. The van der Waals surface area contributed by atoms with E-state index in [1.54, 1.807) is 0 Å². The fraction of sp³-hybridized carbons (Fsp3) is 1.00. The Balaban J connectivity index is 4.53. The Labute approximate surface area is 55.6 Å². The van der Waals surface area contributed by atoms with E-state index in [-0.39, 0.29) is 0 Å². The first kappa shape index (κ1) is 8.47. The van der Waals surface area contributed by atoms with E-state index in [1.165, 1.54) is 0 Å². The van der Waals surface area contributed by atoms with Gasteiger partial charge < -0.3 is 0 Å². The van der Waals surface area contributed by atoms with Crippen molar-refractivity contribution in [3.63, 3.8) is 0 Å². The summed E-state index contributed by atoms with van der Waals surface area (Å²) in [6.45, 7) is 0. The second-order valence-corrected chi connectivity index (χ2v) is 5.70. The van der Waals surface area contributed by atoms with Crippen molar-refractivity contribution >= 4 is 28.2 Å². The Morgan fingerprint density at radius 1 is 1.25 bits per heavy atom. The fourth-order valence-corrected chi connectivity index (χ4v) is 0. The number of halogens is 4. The first-order chi connectivity index (χ1) is 3.25. The third kappa shape index (κ3) is 2.16. The molecule has 0 aliphatic heterocycles. The molecule has 0 radical (unpaired) electrons. The maximum Gasteiger partial charge on any atom is 0.506 e. The van der Waals surface area contributed by atoms with Gasteiger partial charge in [-0.1, -0.05) is 0 Å². The van der Waals surface area contributed by atoms with E-state index < -0.39 is 12.5 Å². The van der Waals surface area contributed by atoms with Crippen LogP contribution in [0.1, 0.15) is 0 Å². The Morgan fingerprint density at radius 2 is 1.38 bits per heavy atom. The maximum atomic E-state index is 11.0. The zero-order valence-electron chi connectivity index (χ0n) is 3.24. The van der Waals surface area contributed by atoms with Crippen molar-refractivity contribution in [3.05, 3.63) is 0 Å². The van der Waals surface area contributed by atoms with Crippen molar-refractivity contribution in [2.45, 2.75) is 5.51 Å². The third-order valence-corrected chi connectivity index (χ3v) is 2.33. The molecule has 0 rings (SSSR count). The summed E-state index contributed by atoms with van der Waals surface area (Å²) in [5, 5.41) is 0. The van der Waals surface area contributed by atoms with Gasteiger partial charge in [-0.3, -0.25) is 0 Å². The van der Waals surface area contributed by atoms with Crippen LogP contribution in [0.15, 0.2) is 0 Å². The van der Waals surface area contributed by atoms with Crippen LogP contribution >= 0.6 is 21.2 Å². The molecule has 0 amide bonds. The molecule has 8 heavy (non-hydrogen) atoms. The van der Waals surface area contributed by atoms with Gasteiger partial charge in [0.1, 0.15) is 0 Å². The molecule has 0 unspecified atom stereocenters. The van der Waals surface area contributed by atoms with Crippen LogP contribution in [0.4, 0.5) is 13.2 Å². The van der Waals surface area contributed by atoms with Crippen molar-refractivity contribution in [3.8, 4) is 0 Å². The number of rotatable bonds is 0. The zero-order valence-corrected chi connectivity index (χ0v) is 6.21. The molecule has 0 heterocycles. The molecular formula is CF3IO2S. The van der Waals surface area contributed by atoms with E-state index in [0.717, 1.165) is 0 Å². The molecule has 50 valence electrons. The van der Waals surface area contributed by atoms with Crippen molar-refractivity contribution in [2.24, 2.45) is 0 Å². The Kier molecular flexibility index (Phi) is 2.13. The van der Waals surface area contributed by atoms with Crippen molar-refractivity contribution in [1.29, 1.82) is 0 Å². The highest BCUT2D eigenvalue weighted by molar-refractivity contribution is 14.2. The monoisotopic (exact) mass is 260 g/mol. The molecule has 0 atom stereocenters. The molecule has 2 nitrogen and oxygen atoms in total. The van der Waals surface area contributed by atoms with Crippen LogP contribution in [0, 0.1) is 0 Å². The van der Waals surface area contributed by atoms with Crippen molar-refractivity contribution < 1.29 is 21.6 Å². The highest BCUT2D eigenvalue weighted by atomic mass is 127. The highest BCUT2D eigenvalue weighted by Crippen LogP contribution is 2.27. The second kappa shape index (κ2) is 2.01. The smallest absolute Gasteiger partial charge is 0.209 e. The van der Waals surface area contributed by atoms with Gasteiger partial charge in [-0.2, -0.15) is 13.2 Å². The van der Waals surface area contributed by atoms with Crippen LogP contribution in [0.5, 0.6) is 0 Å². The molecule has 0 aliphatic rings. The van der Waals surface area contributed by atoms with E-state index in [2.05, 4.69) is 0 Å². The van der Waals surface area contributed by atoms with Crippen LogP contribution in [0.25, 0.3) is 0 Å². The molecular weight excluding hydrogens is 260 g/mol. The van der Waals surface area contributed by atoms with E-state index in [0.29, 0.717) is 21.2 Å². The van der Waals surface area contributed by atoms with E-state index in [9.17, 15) is 21.6 Å². The van der Waals surface area contributed by atoms with Crippen LogP contribution < -0.4 is 0 Å². The summed E-state index contributed by atoms with van der Waals surface area (Å²) in [6, 6.07) is 0. The topological polar surface area (TPSA) is 34.1 Å². The zero-order chi connectivity index (χ0) is 7.00. The lowest BCUT2D eigenvalue weighted by Crippen LogP contribution is -2.15. The van der Waals surface area contributed by atoms with E-state index in [1.807, 2.05) is 0 Å². The second-order valence-electron chi connectivity index (χ2n) is 0.884. The van der Waals surface area contributed by atoms with Gasteiger partial charge >= 0.3 is 12.5 Å². The minimum Gasteiger partial charge on any atom is -0.209 e. The average Bonchev–Trinajstić information content (AvgIpc) is 1.25. The summed E-state index contributed by atoms with van der Waals surface area (Å²) in [5.41, 5.74) is -5.10. The molecule has 0 N–H and O–H groups in total. The molecule has 0 fully saturated rings. The number of alkyl halides is 3. The first-order valence-electron chi connectivity index (χ1n) is 1.26. The van der Waals surface area contributed by atoms with Crippen molar-refractivity contribution in [1.82, 2.24) is 0 Å². The summed E-state index contributed by atoms with van der Waals surface area (Å²) in [5.74, 6) is 0. The minimum absolute atomic E-state index is 0.331. The normalized spacial score (nSPS) is 14.0. The van der Waals surface area contributed by atoms with Gasteiger partial charge in [0.15, 0.2) is 0 Å². The summed E-state index contributed by atoms with van der Waals surface area (Å²) >= 11 is 0.331. The third-order valence-electron chi connectivity index (χ3n) is 0.276. The summed E-state index contributed by atoms with van der Waals surface area (Å²) in [6.07, 6.45) is 0. The molecule has 0 saturated carbocycles. The molecule has 0 aromatic heterocycles. The van der Waals surface area contributed by atoms with Gasteiger partial charge in [0.2, 0.25) is 0 Å². The largest absolute Gasteiger partial charge is 0.506 e. The maximum absolute atomic E-state index is 11.0. The summed E-state index contributed by atoms with van der Waals surface area (Å²) < 4.78 is 51.9. The Bertz CT molecular complexity index is 166. The summed E-state index contributed by atoms with van der Waals surface area (Å²) in [7, 11) is -4.87. The fourth-order valence-electron chi connectivity index (χ4n) is 0. The van der Waals surface area contributed by atoms with Gasteiger partial charge in [-0.25, -0.2) is 8.42 Å². The Hall–Kier alpha value is 0.470. The van der Waals surface area contributed by atoms with E-state index >= 15 is 0 Å².